The molecule has 0 radical (unpaired) electrons. The van der Waals surface area contributed by atoms with Gasteiger partial charge in [0.05, 0.1) is 17.0 Å². The first-order valence-corrected chi connectivity index (χ1v) is 6.52. The standard InChI is InChI=1S/C15H12F2N2O4/c16-15(17)23-13-4-2-1-3-12(13)18-14(20)9-10-5-7-11(8-6-10)19(21)22/h1-8,15H,9H2,(H,18,20). The summed E-state index contributed by atoms with van der Waals surface area (Å²) in [5, 5.41) is 13.0. The first kappa shape index (κ1) is 16.3. The lowest BCUT2D eigenvalue weighted by atomic mass is 10.1. The molecule has 8 heteroatoms. The van der Waals surface area contributed by atoms with E-state index in [1.165, 1.54) is 42.5 Å². The lowest BCUT2D eigenvalue weighted by molar-refractivity contribution is -0.384. The molecule has 2 aromatic rings. The van der Waals surface area contributed by atoms with Crippen LogP contribution in [0.15, 0.2) is 48.5 Å². The van der Waals surface area contributed by atoms with Crippen LogP contribution in [0, 0.1) is 10.1 Å². The van der Waals surface area contributed by atoms with Crippen LogP contribution in [0.2, 0.25) is 0 Å². The highest BCUT2D eigenvalue weighted by Crippen LogP contribution is 2.25. The van der Waals surface area contributed by atoms with Gasteiger partial charge in [-0.3, -0.25) is 14.9 Å². The van der Waals surface area contributed by atoms with Gasteiger partial charge in [0.2, 0.25) is 5.91 Å². The molecule has 0 unspecified atom stereocenters. The van der Waals surface area contributed by atoms with Crippen molar-refractivity contribution in [3.05, 3.63) is 64.2 Å². The van der Waals surface area contributed by atoms with Gasteiger partial charge < -0.3 is 10.1 Å². The molecule has 2 rings (SSSR count). The number of hydrogen-bond acceptors (Lipinski definition) is 4. The Labute approximate surface area is 129 Å². The van der Waals surface area contributed by atoms with Gasteiger partial charge in [-0.15, -0.1) is 0 Å². The van der Waals surface area contributed by atoms with Gasteiger partial charge >= 0.3 is 6.61 Å². The van der Waals surface area contributed by atoms with E-state index < -0.39 is 17.4 Å². The second-order valence-electron chi connectivity index (χ2n) is 4.52. The van der Waals surface area contributed by atoms with Gasteiger partial charge in [0.15, 0.2) is 0 Å². The number of benzene rings is 2. The van der Waals surface area contributed by atoms with Crippen molar-refractivity contribution in [2.75, 3.05) is 5.32 Å². The number of hydrogen-bond donors (Lipinski definition) is 1. The molecule has 1 amide bonds. The fourth-order valence-electron chi connectivity index (χ4n) is 1.88. The van der Waals surface area contributed by atoms with E-state index in [9.17, 15) is 23.7 Å². The maximum absolute atomic E-state index is 12.3. The molecule has 0 bridgehead atoms. The molecule has 0 saturated carbocycles. The van der Waals surface area contributed by atoms with Gasteiger partial charge in [0.1, 0.15) is 5.75 Å². The largest absolute Gasteiger partial charge is 0.433 e. The third-order valence-corrected chi connectivity index (χ3v) is 2.89. The van der Waals surface area contributed by atoms with E-state index in [-0.39, 0.29) is 23.5 Å². The molecule has 0 saturated heterocycles. The van der Waals surface area contributed by atoms with E-state index in [4.69, 9.17) is 0 Å². The molecular formula is C15H12F2N2O4. The molecule has 0 aliphatic carbocycles. The summed E-state index contributed by atoms with van der Waals surface area (Å²) in [6.45, 7) is -3.00. The number of para-hydroxylation sites is 2. The minimum absolute atomic E-state index is 0.0546. The zero-order valence-corrected chi connectivity index (χ0v) is 11.7. The normalized spacial score (nSPS) is 10.4. The van der Waals surface area contributed by atoms with Crippen LogP contribution in [0.25, 0.3) is 0 Å². The maximum atomic E-state index is 12.3. The highest BCUT2D eigenvalue weighted by molar-refractivity contribution is 5.93. The van der Waals surface area contributed by atoms with Crippen LogP contribution in [0.5, 0.6) is 5.75 Å². The molecule has 2 aromatic carbocycles. The lowest BCUT2D eigenvalue weighted by Crippen LogP contribution is -2.15. The molecule has 0 fully saturated rings. The maximum Gasteiger partial charge on any atom is 0.387 e. The molecule has 0 aromatic heterocycles. The smallest absolute Gasteiger partial charge is 0.387 e. The Bertz CT molecular complexity index is 705. The lowest BCUT2D eigenvalue weighted by Gasteiger charge is -2.11. The topological polar surface area (TPSA) is 81.5 Å². The number of alkyl halides is 2. The molecule has 120 valence electrons. The number of nitrogens with one attached hydrogen (secondary N) is 1. The van der Waals surface area contributed by atoms with Crippen molar-refractivity contribution < 1.29 is 23.2 Å². The summed E-state index contributed by atoms with van der Waals surface area (Å²) in [5.41, 5.74) is 0.602. The van der Waals surface area contributed by atoms with Crippen molar-refractivity contribution >= 4 is 17.3 Å². The number of halogens is 2. The summed E-state index contributed by atoms with van der Waals surface area (Å²) in [6, 6.07) is 11.3. The van der Waals surface area contributed by atoms with Gasteiger partial charge in [0.25, 0.3) is 5.69 Å². The van der Waals surface area contributed by atoms with Crippen LogP contribution in [0.1, 0.15) is 5.56 Å². The minimum atomic E-state index is -3.00. The van der Waals surface area contributed by atoms with E-state index in [0.717, 1.165) is 0 Å². The number of nitro groups is 1. The Kier molecular flexibility index (Phi) is 5.19. The highest BCUT2D eigenvalue weighted by atomic mass is 19.3. The predicted octanol–water partition coefficient (Wildman–Crippen LogP) is 3.38. The molecule has 6 nitrogen and oxygen atoms in total. The molecule has 0 spiro atoms. The van der Waals surface area contributed by atoms with Crippen molar-refractivity contribution in [2.45, 2.75) is 13.0 Å². The molecule has 1 N–H and O–H groups in total. The Morgan fingerprint density at radius 2 is 1.83 bits per heavy atom. The van der Waals surface area contributed by atoms with Crippen molar-refractivity contribution in [3.8, 4) is 5.75 Å². The van der Waals surface area contributed by atoms with E-state index in [1.54, 1.807) is 6.07 Å². The minimum Gasteiger partial charge on any atom is -0.433 e. The van der Waals surface area contributed by atoms with Crippen LogP contribution in [0.3, 0.4) is 0 Å². The van der Waals surface area contributed by atoms with Crippen molar-refractivity contribution in [3.63, 3.8) is 0 Å². The number of anilines is 1. The third-order valence-electron chi connectivity index (χ3n) is 2.89. The summed E-state index contributed by atoms with van der Waals surface area (Å²) in [6.07, 6.45) is -0.0546. The Balaban J connectivity index is 2.03. The van der Waals surface area contributed by atoms with Crippen LogP contribution in [0.4, 0.5) is 20.2 Å². The third kappa shape index (κ3) is 4.73. The molecule has 0 heterocycles. The van der Waals surface area contributed by atoms with Crippen LogP contribution in [-0.2, 0) is 11.2 Å². The zero-order chi connectivity index (χ0) is 16.8. The van der Waals surface area contributed by atoms with Crippen molar-refractivity contribution in [2.24, 2.45) is 0 Å². The van der Waals surface area contributed by atoms with Crippen LogP contribution in [-0.4, -0.2) is 17.4 Å². The highest BCUT2D eigenvalue weighted by Gasteiger charge is 2.12. The molecule has 23 heavy (non-hydrogen) atoms. The number of carbonyl (C=O) groups excluding carboxylic acids is 1. The molecule has 0 aliphatic rings. The van der Waals surface area contributed by atoms with Crippen molar-refractivity contribution in [1.29, 1.82) is 0 Å². The number of nitrogens with zero attached hydrogens (tertiary/aromatic N) is 1. The SMILES string of the molecule is O=C(Cc1ccc([N+](=O)[O-])cc1)Nc1ccccc1OC(F)F. The fourth-order valence-corrected chi connectivity index (χ4v) is 1.88. The van der Waals surface area contributed by atoms with Crippen molar-refractivity contribution in [1.82, 2.24) is 0 Å². The number of nitro benzene ring substituents is 1. The monoisotopic (exact) mass is 322 g/mol. The van der Waals surface area contributed by atoms with Gasteiger partial charge in [-0.2, -0.15) is 8.78 Å². The van der Waals surface area contributed by atoms with E-state index >= 15 is 0 Å². The number of non-ortho nitro benzene ring substituents is 1. The summed E-state index contributed by atoms with van der Waals surface area (Å²) >= 11 is 0. The summed E-state index contributed by atoms with van der Waals surface area (Å²) < 4.78 is 28.9. The summed E-state index contributed by atoms with van der Waals surface area (Å²) in [5.74, 6) is -0.594. The average Bonchev–Trinajstić information content (AvgIpc) is 2.49. The molecular weight excluding hydrogens is 310 g/mol. The quantitative estimate of drug-likeness (QED) is 0.653. The second kappa shape index (κ2) is 7.30. The first-order chi connectivity index (χ1) is 11.0. The Hall–Kier alpha value is -3.03. The average molecular weight is 322 g/mol. The summed E-state index contributed by atoms with van der Waals surface area (Å²) in [7, 11) is 0. The van der Waals surface area contributed by atoms with E-state index in [2.05, 4.69) is 10.1 Å². The summed E-state index contributed by atoms with van der Waals surface area (Å²) in [4.78, 5) is 22.0. The Morgan fingerprint density at radius 3 is 2.43 bits per heavy atom. The van der Waals surface area contributed by atoms with E-state index in [1.807, 2.05) is 0 Å². The Morgan fingerprint density at radius 1 is 1.17 bits per heavy atom. The molecule has 0 atom stereocenters. The first-order valence-electron chi connectivity index (χ1n) is 6.52. The second-order valence-corrected chi connectivity index (χ2v) is 4.52. The predicted molar refractivity (Wildman–Crippen MR) is 78.5 cm³/mol. The number of amides is 1. The fraction of sp³-hybridized carbons (Fsp3) is 0.133. The molecule has 0 aliphatic heterocycles. The van der Waals surface area contributed by atoms with Crippen LogP contribution >= 0.6 is 0 Å². The number of rotatable bonds is 6. The van der Waals surface area contributed by atoms with Gasteiger partial charge in [-0.1, -0.05) is 24.3 Å². The van der Waals surface area contributed by atoms with Gasteiger partial charge in [0, 0.05) is 12.1 Å². The van der Waals surface area contributed by atoms with Gasteiger partial charge in [-0.05, 0) is 17.7 Å². The van der Waals surface area contributed by atoms with Crippen LogP contribution < -0.4 is 10.1 Å². The number of carbonyl (C=O) groups is 1. The zero-order valence-electron chi connectivity index (χ0n) is 11.7. The van der Waals surface area contributed by atoms with E-state index in [0.29, 0.717) is 5.56 Å². The van der Waals surface area contributed by atoms with Gasteiger partial charge in [-0.25, -0.2) is 0 Å². The number of ether oxygens (including phenoxy) is 1.